The Bertz CT molecular complexity index is 330. The summed E-state index contributed by atoms with van der Waals surface area (Å²) in [6, 6.07) is 10.4. The number of nitrogens with two attached hydrogens (primary N) is 1. The second-order valence-corrected chi connectivity index (χ2v) is 4.30. The second-order valence-electron chi connectivity index (χ2n) is 4.30. The molecule has 1 aromatic rings. The molecule has 0 radical (unpaired) electrons. The molecule has 2 N–H and O–H groups in total. The molecule has 0 bridgehead atoms. The molecule has 0 heterocycles. The van der Waals surface area contributed by atoms with Gasteiger partial charge in [-0.25, -0.2) is 0 Å². The molecule has 1 aromatic carbocycles. The fraction of sp³-hybridized carbons (Fsp3) is 0.500. The molecule has 18 heavy (non-hydrogen) atoms. The molecule has 0 saturated carbocycles. The van der Waals surface area contributed by atoms with Gasteiger partial charge in [-0.05, 0) is 24.8 Å². The molecular formula is C14H23ClN2O. The fourth-order valence-electron chi connectivity index (χ4n) is 1.76. The highest BCUT2D eigenvalue weighted by Crippen LogP contribution is 2.05. The maximum atomic E-state index is 11.5. The fourth-order valence-corrected chi connectivity index (χ4v) is 1.76. The smallest absolute Gasteiger partial charge is 0.223 e. The van der Waals surface area contributed by atoms with Gasteiger partial charge in [0.25, 0.3) is 0 Å². The van der Waals surface area contributed by atoms with Crippen LogP contribution >= 0.6 is 12.4 Å². The minimum absolute atomic E-state index is 0. The minimum Gasteiger partial charge on any atom is -0.346 e. The maximum Gasteiger partial charge on any atom is 0.223 e. The number of hydrogen-bond acceptors (Lipinski definition) is 2. The standard InChI is InChI=1S/C14H22N2O.ClH/c1-16(14(17)10-11-15)12-6-5-9-13-7-3-2-4-8-13;/h2-4,7-8H,5-6,9-12,15H2,1H3;1H. The van der Waals surface area contributed by atoms with Gasteiger partial charge < -0.3 is 10.6 Å². The first-order valence-corrected chi connectivity index (χ1v) is 6.22. The first-order chi connectivity index (χ1) is 8.24. The van der Waals surface area contributed by atoms with E-state index in [9.17, 15) is 4.79 Å². The van der Waals surface area contributed by atoms with Crippen LogP contribution in [0.2, 0.25) is 0 Å². The summed E-state index contributed by atoms with van der Waals surface area (Å²) < 4.78 is 0. The van der Waals surface area contributed by atoms with Gasteiger partial charge in [-0.1, -0.05) is 30.3 Å². The maximum absolute atomic E-state index is 11.5. The number of amides is 1. The Morgan fingerprint density at radius 2 is 1.89 bits per heavy atom. The van der Waals surface area contributed by atoms with Gasteiger partial charge in [0.2, 0.25) is 5.91 Å². The lowest BCUT2D eigenvalue weighted by atomic mass is 10.1. The predicted octanol–water partition coefficient (Wildman–Crippen LogP) is 2.24. The summed E-state index contributed by atoms with van der Waals surface area (Å²) in [6.45, 7) is 1.26. The molecule has 1 amide bonds. The van der Waals surface area contributed by atoms with Gasteiger partial charge >= 0.3 is 0 Å². The zero-order chi connectivity index (χ0) is 12.5. The summed E-state index contributed by atoms with van der Waals surface area (Å²) in [5, 5.41) is 0. The van der Waals surface area contributed by atoms with Crippen LogP contribution in [-0.4, -0.2) is 30.9 Å². The van der Waals surface area contributed by atoms with Crippen LogP contribution in [0.15, 0.2) is 30.3 Å². The van der Waals surface area contributed by atoms with Gasteiger partial charge in [-0.3, -0.25) is 4.79 Å². The zero-order valence-electron chi connectivity index (χ0n) is 11.0. The quantitative estimate of drug-likeness (QED) is 0.773. The van der Waals surface area contributed by atoms with E-state index < -0.39 is 0 Å². The number of hydrogen-bond donors (Lipinski definition) is 1. The van der Waals surface area contributed by atoms with Gasteiger partial charge in [0, 0.05) is 26.6 Å². The van der Waals surface area contributed by atoms with E-state index in [1.165, 1.54) is 5.56 Å². The Labute approximate surface area is 116 Å². The predicted molar refractivity (Wildman–Crippen MR) is 77.9 cm³/mol. The lowest BCUT2D eigenvalue weighted by Crippen LogP contribution is -2.29. The van der Waals surface area contributed by atoms with Crippen LogP contribution in [0.1, 0.15) is 24.8 Å². The highest BCUT2D eigenvalue weighted by atomic mass is 35.5. The van der Waals surface area contributed by atoms with E-state index in [1.54, 1.807) is 4.90 Å². The molecule has 0 aliphatic heterocycles. The molecule has 0 aromatic heterocycles. The van der Waals surface area contributed by atoms with Crippen molar-refractivity contribution in [1.82, 2.24) is 4.90 Å². The number of benzene rings is 1. The van der Waals surface area contributed by atoms with Crippen molar-refractivity contribution < 1.29 is 4.79 Å². The average molecular weight is 271 g/mol. The summed E-state index contributed by atoms with van der Waals surface area (Å²) >= 11 is 0. The molecule has 0 atom stereocenters. The Hall–Kier alpha value is -1.06. The Morgan fingerprint density at radius 3 is 2.50 bits per heavy atom. The third-order valence-electron chi connectivity index (χ3n) is 2.84. The van der Waals surface area contributed by atoms with Gasteiger partial charge in [0.15, 0.2) is 0 Å². The van der Waals surface area contributed by atoms with Crippen LogP contribution in [0.3, 0.4) is 0 Å². The van der Waals surface area contributed by atoms with E-state index in [0.29, 0.717) is 13.0 Å². The van der Waals surface area contributed by atoms with Crippen LogP contribution in [0.25, 0.3) is 0 Å². The van der Waals surface area contributed by atoms with Crippen molar-refractivity contribution in [3.05, 3.63) is 35.9 Å². The lowest BCUT2D eigenvalue weighted by molar-refractivity contribution is -0.129. The SMILES string of the molecule is CN(CCCCc1ccccc1)C(=O)CCN.Cl. The Balaban J connectivity index is 0.00000289. The number of aryl methyl sites for hydroxylation is 1. The van der Waals surface area contributed by atoms with E-state index in [2.05, 4.69) is 24.3 Å². The van der Waals surface area contributed by atoms with Gasteiger partial charge in [-0.2, -0.15) is 0 Å². The normalized spacial score (nSPS) is 9.67. The summed E-state index contributed by atoms with van der Waals surface area (Å²) in [7, 11) is 1.85. The molecule has 0 saturated heterocycles. The van der Waals surface area contributed by atoms with Crippen LogP contribution < -0.4 is 5.73 Å². The largest absolute Gasteiger partial charge is 0.346 e. The van der Waals surface area contributed by atoms with Crippen molar-refractivity contribution in [3.63, 3.8) is 0 Å². The summed E-state index contributed by atoms with van der Waals surface area (Å²) in [6.07, 6.45) is 3.70. The number of rotatable bonds is 7. The monoisotopic (exact) mass is 270 g/mol. The van der Waals surface area contributed by atoms with E-state index in [-0.39, 0.29) is 18.3 Å². The summed E-state index contributed by atoms with van der Waals surface area (Å²) in [5.41, 5.74) is 6.71. The third kappa shape index (κ3) is 6.62. The third-order valence-corrected chi connectivity index (χ3v) is 2.84. The molecule has 4 heteroatoms. The molecule has 0 unspecified atom stereocenters. The second kappa shape index (κ2) is 9.92. The molecule has 0 aliphatic carbocycles. The van der Waals surface area contributed by atoms with Crippen molar-refractivity contribution in [2.75, 3.05) is 20.1 Å². The Morgan fingerprint density at radius 1 is 1.22 bits per heavy atom. The topological polar surface area (TPSA) is 46.3 Å². The number of nitrogens with zero attached hydrogens (tertiary/aromatic N) is 1. The van der Waals surface area contributed by atoms with Crippen molar-refractivity contribution in [3.8, 4) is 0 Å². The van der Waals surface area contributed by atoms with Crippen LogP contribution in [0.5, 0.6) is 0 Å². The first kappa shape index (κ1) is 16.9. The molecular weight excluding hydrogens is 248 g/mol. The molecule has 0 spiro atoms. The lowest BCUT2D eigenvalue weighted by Gasteiger charge is -2.16. The molecule has 0 fully saturated rings. The number of halogens is 1. The van der Waals surface area contributed by atoms with E-state index in [1.807, 2.05) is 13.1 Å². The van der Waals surface area contributed by atoms with Crippen LogP contribution in [-0.2, 0) is 11.2 Å². The van der Waals surface area contributed by atoms with E-state index >= 15 is 0 Å². The number of carbonyl (C=O) groups is 1. The molecule has 3 nitrogen and oxygen atoms in total. The number of unbranched alkanes of at least 4 members (excludes halogenated alkanes) is 1. The van der Waals surface area contributed by atoms with E-state index in [4.69, 9.17) is 5.73 Å². The minimum atomic E-state index is 0. The zero-order valence-corrected chi connectivity index (χ0v) is 11.8. The van der Waals surface area contributed by atoms with E-state index in [0.717, 1.165) is 25.8 Å². The highest BCUT2D eigenvalue weighted by Gasteiger charge is 2.06. The number of carbonyl (C=O) groups excluding carboxylic acids is 1. The van der Waals surface area contributed by atoms with Gasteiger partial charge in [0.05, 0.1) is 0 Å². The van der Waals surface area contributed by atoms with Gasteiger partial charge in [0.1, 0.15) is 0 Å². The van der Waals surface area contributed by atoms with Crippen molar-refractivity contribution in [2.24, 2.45) is 5.73 Å². The van der Waals surface area contributed by atoms with Crippen LogP contribution in [0, 0.1) is 0 Å². The molecule has 1 rings (SSSR count). The average Bonchev–Trinajstić information content (AvgIpc) is 2.36. The summed E-state index contributed by atoms with van der Waals surface area (Å²) in [4.78, 5) is 13.2. The molecule has 0 aliphatic rings. The van der Waals surface area contributed by atoms with Crippen LogP contribution in [0.4, 0.5) is 0 Å². The van der Waals surface area contributed by atoms with Gasteiger partial charge in [-0.15, -0.1) is 12.4 Å². The Kier molecular flexibility index (Phi) is 9.33. The van der Waals surface area contributed by atoms with Crippen molar-refractivity contribution >= 4 is 18.3 Å². The summed E-state index contributed by atoms with van der Waals surface area (Å²) in [5.74, 6) is 0.146. The first-order valence-electron chi connectivity index (χ1n) is 6.22. The van der Waals surface area contributed by atoms with Crippen molar-refractivity contribution in [2.45, 2.75) is 25.7 Å². The highest BCUT2D eigenvalue weighted by molar-refractivity contribution is 5.85. The van der Waals surface area contributed by atoms with Crippen molar-refractivity contribution in [1.29, 1.82) is 0 Å². The molecule has 102 valence electrons.